The molecule has 6 saturated carbocycles. The topological polar surface area (TPSA) is 143 Å². The molecule has 1 heterocycles. The molecule has 3 spiro atoms. The molecule has 10 aliphatic carbocycles. The summed E-state index contributed by atoms with van der Waals surface area (Å²) in [6.45, 7) is 25.5. The number of aliphatic hydroxyl groups is 1. The first-order chi connectivity index (χ1) is 31.7. The van der Waals surface area contributed by atoms with Crippen LogP contribution in [0.15, 0.2) is 46.6 Å². The number of hydrogen-bond acceptors (Lipinski definition) is 10. The predicted octanol–water partition coefficient (Wildman–Crippen LogP) is 12.8. The third-order valence-electron chi connectivity index (χ3n) is 21.1. The van der Waals surface area contributed by atoms with Gasteiger partial charge in [-0.25, -0.2) is 4.79 Å². The van der Waals surface area contributed by atoms with E-state index in [9.17, 15) is 29.1 Å². The molecule has 14 atom stereocenters. The van der Waals surface area contributed by atoms with Crippen LogP contribution in [0.1, 0.15) is 188 Å². The predicted molar refractivity (Wildman–Crippen MR) is 272 cm³/mol. The van der Waals surface area contributed by atoms with Crippen molar-refractivity contribution in [3.8, 4) is 0 Å². The van der Waals surface area contributed by atoms with Gasteiger partial charge in [0.15, 0.2) is 29.4 Å². The van der Waals surface area contributed by atoms with Crippen molar-refractivity contribution in [1.82, 2.24) is 0 Å². The van der Waals surface area contributed by atoms with Gasteiger partial charge in [0.25, 0.3) is 0 Å². The van der Waals surface area contributed by atoms with Gasteiger partial charge in [-0.2, -0.15) is 0 Å². The zero-order chi connectivity index (χ0) is 49.5. The minimum absolute atomic E-state index is 0. The second-order valence-corrected chi connectivity index (χ2v) is 26.0. The average Bonchev–Trinajstić information content (AvgIpc) is 3.89. The molecule has 1 aliphatic heterocycles. The van der Waals surface area contributed by atoms with Crippen LogP contribution in [0.5, 0.6) is 0 Å². The molecule has 0 aromatic heterocycles. The minimum atomic E-state index is -1.41. The molecular formula is C60H90O10. The van der Waals surface area contributed by atoms with Crippen LogP contribution < -0.4 is 0 Å². The molecule has 1 N–H and O–H groups in total. The first kappa shape index (κ1) is 54.2. The Bertz CT molecular complexity index is 2280. The van der Waals surface area contributed by atoms with Crippen LogP contribution in [0.25, 0.3) is 0 Å². The molecule has 0 amide bonds. The second kappa shape index (κ2) is 17.8. The maximum Gasteiger partial charge on any atom is 0.509 e. The Morgan fingerprint density at radius 2 is 1.09 bits per heavy atom. The van der Waals surface area contributed by atoms with Gasteiger partial charge in [0.2, 0.25) is 0 Å². The van der Waals surface area contributed by atoms with E-state index in [-0.39, 0.29) is 78.3 Å². The van der Waals surface area contributed by atoms with Gasteiger partial charge in [0.05, 0.1) is 28.8 Å². The molecule has 11 aliphatic rings. The van der Waals surface area contributed by atoms with Crippen molar-refractivity contribution in [1.29, 1.82) is 0 Å². The summed E-state index contributed by atoms with van der Waals surface area (Å²) in [5.41, 5.74) is -0.352. The highest BCUT2D eigenvalue weighted by Gasteiger charge is 2.78. The normalized spacial score (nSPS) is 43.1. The first-order valence-electron chi connectivity index (χ1n) is 26.5. The zero-order valence-corrected chi connectivity index (χ0v) is 43.6. The fourth-order valence-corrected chi connectivity index (χ4v) is 17.2. The fourth-order valence-electron chi connectivity index (χ4n) is 17.2. The SMILES string of the molecule is C.C.CC1=C[C@@H]2C(=O)[C@]3(C=C(C)[C@@H]4OC(=O)O[C@@]43C1)[C@H](C)C[C@@H]1[C@H]2C1(C)C.CC1=C[C@@H]2C(=O)[C@]3(C=C(C)[C@H](OC(=O)C4(C)CCCCC4)[C@@]3(O)C1)[C@H](C)C[C@@H]1[C@H]2C1(C)C.COC(=O)C1(C)CCCCC1. The van der Waals surface area contributed by atoms with Gasteiger partial charge in [-0.15, -0.1) is 0 Å². The van der Waals surface area contributed by atoms with Crippen molar-refractivity contribution in [2.45, 2.75) is 211 Å². The number of ketones is 2. The van der Waals surface area contributed by atoms with Gasteiger partial charge in [-0.3, -0.25) is 19.2 Å². The smallest absolute Gasteiger partial charge is 0.469 e. The number of rotatable bonds is 3. The molecule has 0 unspecified atom stereocenters. The monoisotopic (exact) mass is 971 g/mol. The molecule has 1 saturated heterocycles. The highest BCUT2D eigenvalue weighted by atomic mass is 16.8. The molecule has 390 valence electrons. The molecule has 11 rings (SSSR count). The lowest BCUT2D eigenvalue weighted by atomic mass is 9.59. The Kier molecular flexibility index (Phi) is 13.8. The number of Topliss-reactive ketones (excluding diaryl/α,β-unsaturated/α-hetero) is 2. The van der Waals surface area contributed by atoms with Crippen LogP contribution in [0.4, 0.5) is 4.79 Å². The van der Waals surface area contributed by atoms with Gasteiger partial charge in [0, 0.05) is 24.7 Å². The van der Waals surface area contributed by atoms with Crippen LogP contribution in [0, 0.1) is 79.8 Å². The summed E-state index contributed by atoms with van der Waals surface area (Å²) >= 11 is 0. The van der Waals surface area contributed by atoms with Gasteiger partial charge >= 0.3 is 18.1 Å². The Labute approximate surface area is 421 Å². The van der Waals surface area contributed by atoms with Crippen molar-refractivity contribution in [3.05, 3.63) is 46.6 Å². The molecule has 0 radical (unpaired) electrons. The highest BCUT2D eigenvalue weighted by molar-refractivity contribution is 5.96. The summed E-state index contributed by atoms with van der Waals surface area (Å²) in [6.07, 6.45) is 20.0. The highest BCUT2D eigenvalue weighted by Crippen LogP contribution is 2.74. The van der Waals surface area contributed by atoms with Crippen LogP contribution in [0.2, 0.25) is 0 Å². The van der Waals surface area contributed by atoms with E-state index in [2.05, 4.69) is 66.7 Å². The third-order valence-corrected chi connectivity index (χ3v) is 21.1. The lowest BCUT2D eigenvalue weighted by Gasteiger charge is -2.47. The van der Waals surface area contributed by atoms with Gasteiger partial charge < -0.3 is 24.1 Å². The lowest BCUT2D eigenvalue weighted by molar-refractivity contribution is -0.189. The molecule has 10 heteroatoms. The Hall–Kier alpha value is -3.53. The summed E-state index contributed by atoms with van der Waals surface area (Å²) < 4.78 is 22.4. The Morgan fingerprint density at radius 1 is 0.643 bits per heavy atom. The maximum absolute atomic E-state index is 14.3. The standard InChI is InChI=1S/C28H40O4.C21H26O4.C9H16O2.2CH4/c1-16-12-19-21-20(25(21,4)5)13-18(3)27(22(19)29)15-17(2)23(28(27,31)14-16)32-24(30)26(6)10-8-7-9-11-26;1-10-6-13-15-14(19(15,4)5)7-12(3)20(16(13)22)9-11(2)17-21(20,8-10)25-18(23)24-17;1-9(8(10)11-2)6-4-3-5-7-9;;/h12,15,18-21,23,31H,7-11,13-14H2,1-6H3;6,9,12-15,17H,7-8H2,1-5H3;3-7H2,1-2H3;2*1H4/t18-,19+,20-,21+,23+,27+,28+;12-,13+,14-,15+,17+,20+,21+;;;/m11.../s1. The number of carbonyl (C=O) groups excluding carboxylic acids is 5. The summed E-state index contributed by atoms with van der Waals surface area (Å²) in [5.74, 6) is 1.83. The van der Waals surface area contributed by atoms with Crippen molar-refractivity contribution >= 4 is 29.7 Å². The van der Waals surface area contributed by atoms with Crippen LogP contribution >= 0.6 is 0 Å². The number of methoxy groups -OCH3 is 1. The van der Waals surface area contributed by atoms with E-state index in [0.29, 0.717) is 36.5 Å². The van der Waals surface area contributed by atoms with E-state index in [1.165, 1.54) is 26.4 Å². The summed E-state index contributed by atoms with van der Waals surface area (Å²) in [5, 5.41) is 12.4. The van der Waals surface area contributed by atoms with Crippen molar-refractivity contribution < 1.29 is 48.0 Å². The number of allylic oxidation sites excluding steroid dienone is 2. The number of hydrogen-bond donors (Lipinski definition) is 1. The van der Waals surface area contributed by atoms with E-state index in [1.54, 1.807) is 0 Å². The summed E-state index contributed by atoms with van der Waals surface area (Å²) in [7, 11) is 1.47. The Balaban J connectivity index is 0.000000169. The third kappa shape index (κ3) is 7.55. The maximum atomic E-state index is 14.3. The van der Waals surface area contributed by atoms with E-state index in [4.69, 9.17) is 18.9 Å². The van der Waals surface area contributed by atoms with Crippen molar-refractivity contribution in [3.63, 3.8) is 0 Å². The summed E-state index contributed by atoms with van der Waals surface area (Å²) in [4.78, 5) is 65.0. The second-order valence-electron chi connectivity index (χ2n) is 26.0. The molecule has 0 aromatic carbocycles. The molecule has 4 bridgehead atoms. The number of carbonyl (C=O) groups is 5. The minimum Gasteiger partial charge on any atom is -0.469 e. The van der Waals surface area contributed by atoms with Crippen LogP contribution in [-0.4, -0.2) is 65.3 Å². The molecular weight excluding hydrogens is 881 g/mol. The quantitative estimate of drug-likeness (QED) is 0.165. The van der Waals surface area contributed by atoms with Crippen LogP contribution in [-0.2, 0) is 38.1 Å². The van der Waals surface area contributed by atoms with Crippen LogP contribution in [0.3, 0.4) is 0 Å². The number of fused-ring (bicyclic) bond motifs is 6. The number of esters is 2. The molecule has 7 fully saturated rings. The Morgan fingerprint density at radius 3 is 1.59 bits per heavy atom. The molecule has 10 nitrogen and oxygen atoms in total. The average molecular weight is 971 g/mol. The number of ether oxygens (including phenoxy) is 4. The first-order valence-corrected chi connectivity index (χ1v) is 26.5. The van der Waals surface area contributed by atoms with E-state index in [0.717, 1.165) is 80.1 Å². The summed E-state index contributed by atoms with van der Waals surface area (Å²) in [6, 6.07) is 0. The molecule has 0 aromatic rings. The van der Waals surface area contributed by atoms with Gasteiger partial charge in [0.1, 0.15) is 5.60 Å². The molecule has 70 heavy (non-hydrogen) atoms. The van der Waals surface area contributed by atoms with Crippen molar-refractivity contribution in [2.75, 3.05) is 7.11 Å². The van der Waals surface area contributed by atoms with Gasteiger partial charge in [-0.1, -0.05) is 130 Å². The van der Waals surface area contributed by atoms with Crippen molar-refractivity contribution in [2.24, 2.45) is 79.8 Å². The van der Waals surface area contributed by atoms with E-state index in [1.807, 2.05) is 40.7 Å². The van der Waals surface area contributed by atoms with E-state index >= 15 is 0 Å². The fraction of sp³-hybridized carbons (Fsp3) is 0.783. The van der Waals surface area contributed by atoms with E-state index < -0.39 is 45.8 Å². The zero-order valence-electron chi connectivity index (χ0n) is 43.6. The van der Waals surface area contributed by atoms with Gasteiger partial charge in [-0.05, 0) is 138 Å². The lowest BCUT2D eigenvalue weighted by Crippen LogP contribution is -2.60. The largest absolute Gasteiger partial charge is 0.509 e.